The summed E-state index contributed by atoms with van der Waals surface area (Å²) in [5.74, 6) is 1.50. The van der Waals surface area contributed by atoms with Crippen LogP contribution in [0.15, 0.2) is 18.2 Å². The number of unbranched alkanes of at least 4 members (excludes halogenated alkanes) is 1. The molecule has 1 aliphatic heterocycles. The van der Waals surface area contributed by atoms with Crippen LogP contribution < -0.4 is 14.8 Å². The number of hydrogen-bond acceptors (Lipinski definition) is 4. The molecule has 112 valence electrons. The second kappa shape index (κ2) is 7.50. The molecule has 4 nitrogen and oxygen atoms in total. The maximum Gasteiger partial charge on any atom is 0.161 e. The summed E-state index contributed by atoms with van der Waals surface area (Å²) in [6.07, 6.45) is 2.63. The van der Waals surface area contributed by atoms with Crippen molar-refractivity contribution in [2.24, 2.45) is 0 Å². The van der Waals surface area contributed by atoms with Crippen molar-refractivity contribution < 1.29 is 14.6 Å². The maximum absolute atomic E-state index is 10.4. The van der Waals surface area contributed by atoms with Crippen LogP contribution in [0, 0.1) is 0 Å². The molecule has 20 heavy (non-hydrogen) atoms. The van der Waals surface area contributed by atoms with Crippen molar-refractivity contribution in [1.29, 1.82) is 0 Å². The lowest BCUT2D eigenvalue weighted by atomic mass is 10.0. The van der Waals surface area contributed by atoms with Crippen LogP contribution in [0.5, 0.6) is 11.5 Å². The van der Waals surface area contributed by atoms with Crippen LogP contribution in [0.4, 0.5) is 0 Å². The highest BCUT2D eigenvalue weighted by Crippen LogP contribution is 2.32. The monoisotopic (exact) mass is 279 g/mol. The number of fused-ring (bicyclic) bond motifs is 1. The predicted molar refractivity (Wildman–Crippen MR) is 79.4 cm³/mol. The van der Waals surface area contributed by atoms with Crippen LogP contribution >= 0.6 is 0 Å². The van der Waals surface area contributed by atoms with Gasteiger partial charge in [-0.15, -0.1) is 0 Å². The zero-order valence-corrected chi connectivity index (χ0v) is 12.4. The quantitative estimate of drug-likeness (QED) is 0.786. The van der Waals surface area contributed by atoms with E-state index in [1.54, 1.807) is 0 Å². The Hall–Kier alpha value is -1.26. The van der Waals surface area contributed by atoms with Gasteiger partial charge in [-0.25, -0.2) is 0 Å². The van der Waals surface area contributed by atoms with Crippen molar-refractivity contribution in [3.63, 3.8) is 0 Å². The van der Waals surface area contributed by atoms with E-state index in [9.17, 15) is 5.11 Å². The van der Waals surface area contributed by atoms with Gasteiger partial charge < -0.3 is 19.9 Å². The Morgan fingerprint density at radius 2 is 2.00 bits per heavy atom. The van der Waals surface area contributed by atoms with E-state index in [2.05, 4.69) is 12.2 Å². The second-order valence-corrected chi connectivity index (χ2v) is 5.30. The Morgan fingerprint density at radius 3 is 2.75 bits per heavy atom. The molecule has 1 aromatic rings. The molecule has 1 heterocycles. The molecule has 0 fully saturated rings. The zero-order chi connectivity index (χ0) is 14.4. The first-order valence-electron chi connectivity index (χ1n) is 7.53. The zero-order valence-electron chi connectivity index (χ0n) is 12.4. The Balaban J connectivity index is 2.02. The van der Waals surface area contributed by atoms with Gasteiger partial charge in [0.25, 0.3) is 0 Å². The fraction of sp³-hybridized carbons (Fsp3) is 0.625. The van der Waals surface area contributed by atoms with Crippen LogP contribution in [0.1, 0.15) is 44.8 Å². The first-order chi connectivity index (χ1) is 9.72. The van der Waals surface area contributed by atoms with Gasteiger partial charge >= 0.3 is 0 Å². The fourth-order valence-corrected chi connectivity index (χ4v) is 2.27. The molecule has 0 amide bonds. The van der Waals surface area contributed by atoms with Gasteiger partial charge in [-0.3, -0.25) is 0 Å². The van der Waals surface area contributed by atoms with E-state index < -0.39 is 6.10 Å². The van der Waals surface area contributed by atoms with Gasteiger partial charge in [0.2, 0.25) is 0 Å². The number of aliphatic hydroxyl groups excluding tert-OH is 1. The summed E-state index contributed by atoms with van der Waals surface area (Å²) in [5, 5.41) is 13.8. The normalized spacial score (nSPS) is 17.4. The molecular formula is C16H25NO3. The summed E-state index contributed by atoms with van der Waals surface area (Å²) in [6, 6.07) is 5.71. The summed E-state index contributed by atoms with van der Waals surface area (Å²) in [6.45, 7) is 6.44. The van der Waals surface area contributed by atoms with Crippen LogP contribution in [0.3, 0.4) is 0 Å². The molecule has 4 heteroatoms. The molecule has 2 rings (SSSR count). The van der Waals surface area contributed by atoms with E-state index in [-0.39, 0.29) is 6.04 Å². The third kappa shape index (κ3) is 3.87. The topological polar surface area (TPSA) is 50.7 Å². The number of nitrogens with one attached hydrogen (secondary N) is 1. The third-order valence-electron chi connectivity index (χ3n) is 3.58. The van der Waals surface area contributed by atoms with E-state index in [1.165, 1.54) is 0 Å². The molecule has 2 atom stereocenters. The molecule has 0 radical (unpaired) electrons. The largest absolute Gasteiger partial charge is 0.490 e. The molecule has 2 N–H and O–H groups in total. The van der Waals surface area contributed by atoms with Crippen molar-refractivity contribution in [3.05, 3.63) is 23.8 Å². The Kier molecular flexibility index (Phi) is 5.68. The Morgan fingerprint density at radius 1 is 1.25 bits per heavy atom. The first kappa shape index (κ1) is 15.1. The minimum atomic E-state index is -0.538. The summed E-state index contributed by atoms with van der Waals surface area (Å²) < 4.78 is 11.3. The minimum absolute atomic E-state index is 0.0197. The Labute approximate surface area is 121 Å². The van der Waals surface area contributed by atoms with E-state index in [0.717, 1.165) is 42.9 Å². The van der Waals surface area contributed by atoms with Gasteiger partial charge in [-0.2, -0.15) is 0 Å². The van der Waals surface area contributed by atoms with E-state index in [4.69, 9.17) is 9.47 Å². The lowest BCUT2D eigenvalue weighted by Gasteiger charge is -2.21. The summed E-state index contributed by atoms with van der Waals surface area (Å²) in [7, 11) is 0. The molecule has 2 unspecified atom stereocenters. The van der Waals surface area contributed by atoms with Crippen molar-refractivity contribution in [3.8, 4) is 11.5 Å². The SMILES string of the molecule is CCCCNC(C)C(O)c1ccc2c(c1)OCCCO2. The van der Waals surface area contributed by atoms with Crippen molar-refractivity contribution in [2.45, 2.75) is 45.3 Å². The highest BCUT2D eigenvalue weighted by molar-refractivity contribution is 5.44. The summed E-state index contributed by atoms with van der Waals surface area (Å²) in [5.41, 5.74) is 0.866. The van der Waals surface area contributed by atoms with Gasteiger partial charge in [-0.05, 0) is 37.6 Å². The molecule has 1 aliphatic rings. The van der Waals surface area contributed by atoms with Crippen LogP contribution in [-0.2, 0) is 0 Å². The molecule has 0 aromatic heterocycles. The van der Waals surface area contributed by atoms with Crippen LogP contribution in [0.25, 0.3) is 0 Å². The molecule has 0 aliphatic carbocycles. The van der Waals surface area contributed by atoms with Gasteiger partial charge in [-0.1, -0.05) is 19.4 Å². The molecule has 0 saturated carbocycles. The first-order valence-corrected chi connectivity index (χ1v) is 7.53. The van der Waals surface area contributed by atoms with E-state index in [0.29, 0.717) is 13.2 Å². The van der Waals surface area contributed by atoms with Gasteiger partial charge in [0, 0.05) is 12.5 Å². The summed E-state index contributed by atoms with van der Waals surface area (Å²) >= 11 is 0. The number of aliphatic hydroxyl groups is 1. The lowest BCUT2D eigenvalue weighted by molar-refractivity contribution is 0.135. The standard InChI is InChI=1S/C16H25NO3/c1-3-4-8-17-12(2)16(18)13-6-7-14-15(11-13)20-10-5-9-19-14/h6-7,11-12,16-18H,3-5,8-10H2,1-2H3. The lowest BCUT2D eigenvalue weighted by Crippen LogP contribution is -2.32. The summed E-state index contributed by atoms with van der Waals surface area (Å²) in [4.78, 5) is 0. The van der Waals surface area contributed by atoms with Crippen LogP contribution in [-0.4, -0.2) is 30.9 Å². The number of benzene rings is 1. The van der Waals surface area contributed by atoms with Crippen molar-refractivity contribution >= 4 is 0 Å². The number of ether oxygens (including phenoxy) is 2. The average Bonchev–Trinajstić information content (AvgIpc) is 2.71. The molecule has 0 bridgehead atoms. The maximum atomic E-state index is 10.4. The van der Waals surface area contributed by atoms with Gasteiger partial charge in [0.05, 0.1) is 19.3 Å². The number of hydrogen-bond donors (Lipinski definition) is 2. The van der Waals surface area contributed by atoms with Crippen LogP contribution in [0.2, 0.25) is 0 Å². The second-order valence-electron chi connectivity index (χ2n) is 5.30. The van der Waals surface area contributed by atoms with Crippen molar-refractivity contribution in [1.82, 2.24) is 5.32 Å². The molecule has 0 saturated heterocycles. The highest BCUT2D eigenvalue weighted by atomic mass is 16.5. The average molecular weight is 279 g/mol. The highest BCUT2D eigenvalue weighted by Gasteiger charge is 2.18. The molecule has 1 aromatic carbocycles. The third-order valence-corrected chi connectivity index (χ3v) is 3.58. The van der Waals surface area contributed by atoms with Gasteiger partial charge in [0.1, 0.15) is 0 Å². The van der Waals surface area contributed by atoms with E-state index >= 15 is 0 Å². The predicted octanol–water partition coefficient (Wildman–Crippen LogP) is 2.66. The Bertz CT molecular complexity index is 422. The van der Waals surface area contributed by atoms with E-state index in [1.807, 2.05) is 25.1 Å². The minimum Gasteiger partial charge on any atom is -0.490 e. The van der Waals surface area contributed by atoms with Gasteiger partial charge in [0.15, 0.2) is 11.5 Å². The smallest absolute Gasteiger partial charge is 0.161 e. The number of rotatable bonds is 6. The van der Waals surface area contributed by atoms with Crippen molar-refractivity contribution in [2.75, 3.05) is 19.8 Å². The molecule has 0 spiro atoms. The molecular weight excluding hydrogens is 254 g/mol. The fourth-order valence-electron chi connectivity index (χ4n) is 2.27.